The van der Waals surface area contributed by atoms with Crippen LogP contribution in [0.25, 0.3) is 0 Å². The number of aliphatic carboxylic acids is 1. The Bertz CT molecular complexity index is 424. The average Bonchev–Trinajstić information content (AvgIpc) is 2.84. The van der Waals surface area contributed by atoms with Gasteiger partial charge < -0.3 is 14.4 Å². The number of hydrogen-bond donors (Lipinski definition) is 1. The van der Waals surface area contributed by atoms with Crippen molar-refractivity contribution < 1.29 is 14.6 Å². The number of likely N-dealkylation sites (N-methyl/N-ethyl adjacent to an activating group) is 1. The van der Waals surface area contributed by atoms with Crippen LogP contribution in [0, 0.1) is 0 Å². The predicted molar refractivity (Wildman–Crippen MR) is 72.4 cm³/mol. The minimum Gasteiger partial charge on any atom is -0.481 e. The van der Waals surface area contributed by atoms with Gasteiger partial charge in [-0.05, 0) is 6.54 Å². The van der Waals surface area contributed by atoms with Crippen molar-refractivity contribution in [3.63, 3.8) is 0 Å². The molecule has 19 heavy (non-hydrogen) atoms. The van der Waals surface area contributed by atoms with Gasteiger partial charge in [0.05, 0.1) is 25.0 Å². The number of imidazole rings is 1. The van der Waals surface area contributed by atoms with Crippen molar-refractivity contribution in [3.05, 3.63) is 12.4 Å². The van der Waals surface area contributed by atoms with Gasteiger partial charge in [0.1, 0.15) is 0 Å². The average molecular weight is 285 g/mol. The third-order valence-corrected chi connectivity index (χ3v) is 4.06. The van der Waals surface area contributed by atoms with Gasteiger partial charge in [0, 0.05) is 25.5 Å². The van der Waals surface area contributed by atoms with Gasteiger partial charge in [-0.3, -0.25) is 9.69 Å². The molecule has 1 aromatic heterocycles. The van der Waals surface area contributed by atoms with Gasteiger partial charge in [-0.25, -0.2) is 4.98 Å². The van der Waals surface area contributed by atoms with Crippen molar-refractivity contribution in [2.75, 3.05) is 32.0 Å². The number of carboxylic acids is 1. The maximum Gasteiger partial charge on any atom is 0.313 e. The summed E-state index contributed by atoms with van der Waals surface area (Å²) in [6, 6.07) is 0. The summed E-state index contributed by atoms with van der Waals surface area (Å²) in [6.45, 7) is 6.55. The molecule has 0 bridgehead atoms. The smallest absolute Gasteiger partial charge is 0.313 e. The summed E-state index contributed by atoms with van der Waals surface area (Å²) in [5.74, 6) is -0.797. The van der Waals surface area contributed by atoms with E-state index in [0.717, 1.165) is 37.9 Å². The summed E-state index contributed by atoms with van der Waals surface area (Å²) in [6.07, 6.45) is 3.72. The fourth-order valence-corrected chi connectivity index (χ4v) is 2.79. The molecule has 0 spiro atoms. The molecular weight excluding hydrogens is 266 g/mol. The zero-order chi connectivity index (χ0) is 13.7. The summed E-state index contributed by atoms with van der Waals surface area (Å²) < 4.78 is 7.72. The van der Waals surface area contributed by atoms with Crippen LogP contribution < -0.4 is 0 Å². The molecule has 0 aromatic carbocycles. The normalized spacial score (nSPS) is 20.6. The molecule has 1 unspecified atom stereocenters. The molecule has 2 heterocycles. The van der Waals surface area contributed by atoms with Crippen LogP contribution in [0.1, 0.15) is 6.92 Å². The molecule has 0 aliphatic carbocycles. The first-order valence-electron chi connectivity index (χ1n) is 6.38. The van der Waals surface area contributed by atoms with Crippen LogP contribution >= 0.6 is 11.8 Å². The maximum absolute atomic E-state index is 10.6. The van der Waals surface area contributed by atoms with E-state index in [0.29, 0.717) is 0 Å². The number of carboxylic acid groups (broad SMARTS) is 1. The quantitative estimate of drug-likeness (QED) is 0.779. The van der Waals surface area contributed by atoms with Crippen molar-refractivity contribution in [2.45, 2.75) is 24.7 Å². The van der Waals surface area contributed by atoms with Crippen molar-refractivity contribution in [3.8, 4) is 0 Å². The Morgan fingerprint density at radius 2 is 2.53 bits per heavy atom. The molecule has 6 nitrogen and oxygen atoms in total. The molecule has 7 heteroatoms. The molecule has 1 atom stereocenters. The lowest BCUT2D eigenvalue weighted by molar-refractivity contribution is -0.133. The monoisotopic (exact) mass is 285 g/mol. The summed E-state index contributed by atoms with van der Waals surface area (Å²) in [5.41, 5.74) is 0. The predicted octanol–water partition coefficient (Wildman–Crippen LogP) is 0.780. The molecule has 2 rings (SSSR count). The van der Waals surface area contributed by atoms with Gasteiger partial charge >= 0.3 is 5.97 Å². The topological polar surface area (TPSA) is 67.6 Å². The van der Waals surface area contributed by atoms with Crippen molar-refractivity contribution in [1.29, 1.82) is 0 Å². The van der Waals surface area contributed by atoms with Gasteiger partial charge in [-0.2, -0.15) is 0 Å². The van der Waals surface area contributed by atoms with E-state index in [1.54, 1.807) is 6.20 Å². The molecule has 0 amide bonds. The number of morpholine rings is 1. The standard InChI is InChI=1S/C12H19N3O3S/c1-2-14-5-6-18-10(7-14)8-15-4-3-13-12(15)19-9-11(16)17/h3-4,10H,2,5-9H2,1H3,(H,16,17). The van der Waals surface area contributed by atoms with E-state index in [2.05, 4.69) is 16.8 Å². The SMILES string of the molecule is CCN1CCOC(Cn2ccnc2SCC(=O)O)C1. The lowest BCUT2D eigenvalue weighted by Crippen LogP contribution is -2.43. The highest BCUT2D eigenvalue weighted by molar-refractivity contribution is 7.99. The van der Waals surface area contributed by atoms with Gasteiger partial charge in [0.25, 0.3) is 0 Å². The summed E-state index contributed by atoms with van der Waals surface area (Å²) in [7, 11) is 0. The van der Waals surface area contributed by atoms with Gasteiger partial charge in [-0.15, -0.1) is 0 Å². The zero-order valence-electron chi connectivity index (χ0n) is 11.0. The molecular formula is C12H19N3O3S. The first-order valence-corrected chi connectivity index (χ1v) is 7.37. The second-order valence-electron chi connectivity index (χ2n) is 4.43. The van der Waals surface area contributed by atoms with E-state index in [4.69, 9.17) is 9.84 Å². The molecule has 0 saturated carbocycles. The van der Waals surface area contributed by atoms with Crippen LogP contribution in [-0.4, -0.2) is 63.6 Å². The number of thioether (sulfide) groups is 1. The van der Waals surface area contributed by atoms with E-state index in [-0.39, 0.29) is 11.9 Å². The van der Waals surface area contributed by atoms with Crippen LogP contribution in [0.15, 0.2) is 17.6 Å². The van der Waals surface area contributed by atoms with Gasteiger partial charge in [0.15, 0.2) is 5.16 Å². The number of hydrogen-bond acceptors (Lipinski definition) is 5. The number of rotatable bonds is 6. The minimum atomic E-state index is -0.828. The van der Waals surface area contributed by atoms with E-state index in [9.17, 15) is 4.79 Å². The molecule has 1 fully saturated rings. The Balaban J connectivity index is 1.91. The number of carbonyl (C=O) groups is 1. The fourth-order valence-electron chi connectivity index (χ4n) is 2.10. The van der Waals surface area contributed by atoms with Crippen LogP contribution in [0.5, 0.6) is 0 Å². The molecule has 1 aromatic rings. The fraction of sp³-hybridized carbons (Fsp3) is 0.667. The number of ether oxygens (including phenoxy) is 1. The molecule has 106 valence electrons. The first-order chi connectivity index (χ1) is 9.19. The van der Waals surface area contributed by atoms with Gasteiger partial charge in [0.2, 0.25) is 0 Å². The Hall–Kier alpha value is -1.05. The lowest BCUT2D eigenvalue weighted by Gasteiger charge is -2.32. The molecule has 1 N–H and O–H groups in total. The Kier molecular flexibility index (Phi) is 5.24. The third-order valence-electron chi connectivity index (χ3n) is 3.07. The van der Waals surface area contributed by atoms with Crippen molar-refractivity contribution in [2.24, 2.45) is 0 Å². The molecule has 1 saturated heterocycles. The second kappa shape index (κ2) is 6.93. The van der Waals surface area contributed by atoms with Gasteiger partial charge in [-0.1, -0.05) is 18.7 Å². The van der Waals surface area contributed by atoms with E-state index < -0.39 is 5.97 Å². The zero-order valence-corrected chi connectivity index (χ0v) is 11.8. The van der Waals surface area contributed by atoms with Crippen LogP contribution in [0.2, 0.25) is 0 Å². The summed E-state index contributed by atoms with van der Waals surface area (Å²) >= 11 is 1.24. The third kappa shape index (κ3) is 4.22. The number of aromatic nitrogens is 2. The Morgan fingerprint density at radius 1 is 1.68 bits per heavy atom. The highest BCUT2D eigenvalue weighted by atomic mass is 32.2. The van der Waals surface area contributed by atoms with Crippen molar-refractivity contribution in [1.82, 2.24) is 14.5 Å². The second-order valence-corrected chi connectivity index (χ2v) is 5.37. The lowest BCUT2D eigenvalue weighted by atomic mass is 10.2. The number of nitrogens with zero attached hydrogens (tertiary/aromatic N) is 3. The van der Waals surface area contributed by atoms with Crippen molar-refractivity contribution >= 4 is 17.7 Å². The Morgan fingerprint density at radius 3 is 3.26 bits per heavy atom. The van der Waals surface area contributed by atoms with Crippen LogP contribution in [0.4, 0.5) is 0 Å². The van der Waals surface area contributed by atoms with Crippen LogP contribution in [0.3, 0.4) is 0 Å². The maximum atomic E-state index is 10.6. The summed E-state index contributed by atoms with van der Waals surface area (Å²) in [4.78, 5) is 17.1. The Labute approximate surface area is 116 Å². The van der Waals surface area contributed by atoms with E-state index >= 15 is 0 Å². The first kappa shape index (κ1) is 14.4. The largest absolute Gasteiger partial charge is 0.481 e. The van der Waals surface area contributed by atoms with E-state index in [1.807, 2.05) is 10.8 Å². The molecule has 1 aliphatic heterocycles. The summed E-state index contributed by atoms with van der Waals surface area (Å²) in [5, 5.41) is 9.44. The highest BCUT2D eigenvalue weighted by Crippen LogP contribution is 2.17. The molecule has 0 radical (unpaired) electrons. The highest BCUT2D eigenvalue weighted by Gasteiger charge is 2.20. The van der Waals surface area contributed by atoms with E-state index in [1.165, 1.54) is 11.8 Å². The minimum absolute atomic E-state index is 0.0314. The van der Waals surface area contributed by atoms with Crippen LogP contribution in [-0.2, 0) is 16.1 Å². The molecule has 1 aliphatic rings.